The van der Waals surface area contributed by atoms with Crippen LogP contribution in [0.3, 0.4) is 0 Å². The number of nitrogens with two attached hydrogens (primary N) is 1. The molecule has 0 saturated carbocycles. The number of nitrogens with one attached hydrogen (secondary N) is 1. The maximum atomic E-state index is 11.3. The van der Waals surface area contributed by atoms with E-state index >= 15 is 0 Å². The fourth-order valence-corrected chi connectivity index (χ4v) is 3.05. The molecule has 1 amide bonds. The van der Waals surface area contributed by atoms with Gasteiger partial charge < -0.3 is 26.2 Å². The molecule has 6 nitrogen and oxygen atoms in total. The normalized spacial score (nSPS) is 13.1. The van der Waals surface area contributed by atoms with Gasteiger partial charge in [-0.1, -0.05) is 23.8 Å². The molecule has 28 heavy (non-hydrogen) atoms. The Bertz CT molecular complexity index is 777. The number of hydrogen-bond acceptors (Lipinski definition) is 5. The first-order valence-electron chi connectivity index (χ1n) is 9.60. The number of benzene rings is 2. The minimum atomic E-state index is -0.781. The number of anilines is 1. The van der Waals surface area contributed by atoms with Gasteiger partial charge in [0.1, 0.15) is 5.75 Å². The van der Waals surface area contributed by atoms with E-state index in [1.54, 1.807) is 6.07 Å². The smallest absolute Gasteiger partial charge is 0.252 e. The lowest BCUT2D eigenvalue weighted by molar-refractivity contribution is 0.0997. The molecule has 0 aliphatic carbocycles. The van der Waals surface area contributed by atoms with Crippen LogP contribution >= 0.6 is 0 Å². The van der Waals surface area contributed by atoms with Crippen LogP contribution in [-0.4, -0.2) is 42.3 Å². The van der Waals surface area contributed by atoms with Gasteiger partial charge in [-0.25, -0.2) is 0 Å². The summed E-state index contributed by atoms with van der Waals surface area (Å²) in [6.07, 6.45) is 1.22. The highest BCUT2D eigenvalue weighted by molar-refractivity contribution is 5.95. The second kappa shape index (κ2) is 10.1. The lowest BCUT2D eigenvalue weighted by Gasteiger charge is -2.22. The lowest BCUT2D eigenvalue weighted by atomic mass is 10.0. The highest BCUT2D eigenvalue weighted by Gasteiger charge is 2.14. The number of aliphatic hydroxyl groups is 1. The fourth-order valence-electron chi connectivity index (χ4n) is 3.05. The summed E-state index contributed by atoms with van der Waals surface area (Å²) in [6.45, 7) is 5.48. The SMILES string of the molecule is Cc1ccc(N(C)CCCC(C)NCC(O)c2ccc(O)c(C(N)=O)c2)cc1. The Morgan fingerprint density at radius 2 is 1.89 bits per heavy atom. The Kier molecular flexibility index (Phi) is 7.84. The summed E-state index contributed by atoms with van der Waals surface area (Å²) in [5, 5.41) is 23.3. The quantitative estimate of drug-likeness (QED) is 0.504. The summed E-state index contributed by atoms with van der Waals surface area (Å²) in [7, 11) is 2.09. The molecular formula is C22H31N3O3. The highest BCUT2D eigenvalue weighted by atomic mass is 16.3. The van der Waals surface area contributed by atoms with E-state index in [-0.39, 0.29) is 17.4 Å². The van der Waals surface area contributed by atoms with E-state index in [9.17, 15) is 15.0 Å². The highest BCUT2D eigenvalue weighted by Crippen LogP contribution is 2.22. The minimum Gasteiger partial charge on any atom is -0.507 e. The van der Waals surface area contributed by atoms with Crippen LogP contribution in [0.4, 0.5) is 5.69 Å². The van der Waals surface area contributed by atoms with Gasteiger partial charge in [-0.05, 0) is 56.5 Å². The Hall–Kier alpha value is -2.57. The molecule has 0 fully saturated rings. The first-order valence-corrected chi connectivity index (χ1v) is 9.60. The largest absolute Gasteiger partial charge is 0.507 e. The van der Waals surface area contributed by atoms with Crippen molar-refractivity contribution in [2.45, 2.75) is 38.8 Å². The van der Waals surface area contributed by atoms with Crippen LogP contribution in [0.1, 0.15) is 47.4 Å². The van der Waals surface area contributed by atoms with Crippen molar-refractivity contribution in [3.63, 3.8) is 0 Å². The van der Waals surface area contributed by atoms with Crippen molar-refractivity contribution < 1.29 is 15.0 Å². The topological polar surface area (TPSA) is 98.8 Å². The molecule has 2 aromatic carbocycles. The molecule has 0 aromatic heterocycles. The standard InChI is InChI=1S/C22H31N3O3/c1-15-6-9-18(10-7-15)25(3)12-4-5-16(2)24-14-21(27)17-8-11-20(26)19(13-17)22(23)28/h6-11,13,16,21,24,26-27H,4-5,12,14H2,1-3H3,(H2,23,28). The van der Waals surface area contributed by atoms with Crippen LogP contribution in [-0.2, 0) is 0 Å². The van der Waals surface area contributed by atoms with Gasteiger partial charge >= 0.3 is 0 Å². The third-order valence-electron chi connectivity index (χ3n) is 4.94. The minimum absolute atomic E-state index is 0.0174. The number of aromatic hydroxyl groups is 1. The molecular weight excluding hydrogens is 354 g/mol. The van der Waals surface area contributed by atoms with E-state index < -0.39 is 12.0 Å². The second-order valence-corrected chi connectivity index (χ2v) is 7.37. The Morgan fingerprint density at radius 1 is 1.21 bits per heavy atom. The fraction of sp³-hybridized carbons (Fsp3) is 0.409. The maximum Gasteiger partial charge on any atom is 0.252 e. The van der Waals surface area contributed by atoms with Crippen molar-refractivity contribution >= 4 is 11.6 Å². The van der Waals surface area contributed by atoms with Gasteiger partial charge in [0, 0.05) is 31.9 Å². The molecule has 0 spiro atoms. The number of aryl methyl sites for hydroxylation is 1. The summed E-state index contributed by atoms with van der Waals surface area (Å²) < 4.78 is 0. The molecule has 0 heterocycles. The van der Waals surface area contributed by atoms with E-state index in [4.69, 9.17) is 5.73 Å². The first-order chi connectivity index (χ1) is 13.3. The van der Waals surface area contributed by atoms with Crippen LogP contribution < -0.4 is 16.0 Å². The van der Waals surface area contributed by atoms with Gasteiger partial charge in [-0.3, -0.25) is 4.79 Å². The predicted molar refractivity (Wildman–Crippen MR) is 113 cm³/mol. The summed E-state index contributed by atoms with van der Waals surface area (Å²) in [5.41, 5.74) is 8.26. The monoisotopic (exact) mass is 385 g/mol. The Labute approximate surface area is 167 Å². The number of amides is 1. The number of carbonyl (C=O) groups excluding carboxylic acids is 1. The van der Waals surface area contributed by atoms with E-state index in [1.165, 1.54) is 23.4 Å². The third-order valence-corrected chi connectivity index (χ3v) is 4.94. The van der Waals surface area contributed by atoms with E-state index in [0.29, 0.717) is 12.1 Å². The average Bonchev–Trinajstić information content (AvgIpc) is 2.66. The van der Waals surface area contributed by atoms with Gasteiger partial charge in [0.05, 0.1) is 11.7 Å². The van der Waals surface area contributed by atoms with Crippen molar-refractivity contribution in [3.8, 4) is 5.75 Å². The molecule has 152 valence electrons. The summed E-state index contributed by atoms with van der Waals surface area (Å²) in [5.74, 6) is -0.895. The molecule has 2 aromatic rings. The van der Waals surface area contributed by atoms with Crippen LogP contribution in [0.15, 0.2) is 42.5 Å². The molecule has 0 aliphatic rings. The van der Waals surface area contributed by atoms with Gasteiger partial charge in [-0.2, -0.15) is 0 Å². The number of phenols is 1. The van der Waals surface area contributed by atoms with Gasteiger partial charge in [-0.15, -0.1) is 0 Å². The number of hydrogen-bond donors (Lipinski definition) is 4. The Balaban J connectivity index is 1.76. The predicted octanol–water partition coefficient (Wildman–Crippen LogP) is 2.73. The molecule has 0 radical (unpaired) electrons. The molecule has 2 rings (SSSR count). The van der Waals surface area contributed by atoms with Crippen molar-refractivity contribution in [2.24, 2.45) is 5.73 Å². The lowest BCUT2D eigenvalue weighted by Crippen LogP contribution is -2.31. The number of primary amides is 1. The molecule has 2 unspecified atom stereocenters. The van der Waals surface area contributed by atoms with Gasteiger partial charge in [0.25, 0.3) is 5.91 Å². The van der Waals surface area contributed by atoms with Crippen LogP contribution in [0.5, 0.6) is 5.75 Å². The molecule has 5 N–H and O–H groups in total. The molecule has 2 atom stereocenters. The van der Waals surface area contributed by atoms with Crippen LogP contribution in [0, 0.1) is 6.92 Å². The van der Waals surface area contributed by atoms with E-state index in [0.717, 1.165) is 19.4 Å². The summed E-state index contributed by atoms with van der Waals surface area (Å²) >= 11 is 0. The first kappa shape index (κ1) is 21.7. The van der Waals surface area contributed by atoms with Crippen molar-refractivity contribution in [1.29, 1.82) is 0 Å². The van der Waals surface area contributed by atoms with Crippen molar-refractivity contribution in [1.82, 2.24) is 5.32 Å². The van der Waals surface area contributed by atoms with Gasteiger partial charge in [0.15, 0.2) is 0 Å². The van der Waals surface area contributed by atoms with Crippen LogP contribution in [0.25, 0.3) is 0 Å². The summed E-state index contributed by atoms with van der Waals surface area (Å²) in [4.78, 5) is 13.6. The summed E-state index contributed by atoms with van der Waals surface area (Å²) in [6, 6.07) is 13.1. The molecule has 0 aliphatic heterocycles. The number of nitrogens with zero attached hydrogens (tertiary/aromatic N) is 1. The zero-order valence-electron chi connectivity index (χ0n) is 16.9. The maximum absolute atomic E-state index is 11.3. The number of aliphatic hydroxyl groups excluding tert-OH is 1. The van der Waals surface area contributed by atoms with Crippen molar-refractivity contribution in [2.75, 3.05) is 25.0 Å². The van der Waals surface area contributed by atoms with E-state index in [2.05, 4.69) is 55.4 Å². The zero-order valence-corrected chi connectivity index (χ0v) is 16.9. The van der Waals surface area contributed by atoms with Crippen LogP contribution in [0.2, 0.25) is 0 Å². The van der Waals surface area contributed by atoms with E-state index in [1.807, 2.05) is 0 Å². The number of carbonyl (C=O) groups is 1. The number of rotatable bonds is 10. The van der Waals surface area contributed by atoms with Crippen molar-refractivity contribution in [3.05, 3.63) is 59.2 Å². The Morgan fingerprint density at radius 3 is 2.54 bits per heavy atom. The molecule has 0 bridgehead atoms. The molecule has 6 heteroatoms. The van der Waals surface area contributed by atoms with Gasteiger partial charge in [0.2, 0.25) is 0 Å². The molecule has 0 saturated heterocycles. The second-order valence-electron chi connectivity index (χ2n) is 7.37. The third kappa shape index (κ3) is 6.25. The average molecular weight is 386 g/mol. The zero-order chi connectivity index (χ0) is 20.7.